The first-order valence-corrected chi connectivity index (χ1v) is 7.86. The van der Waals surface area contributed by atoms with Gasteiger partial charge in [0.2, 0.25) is 0 Å². The molecule has 18 heavy (non-hydrogen) atoms. The van der Waals surface area contributed by atoms with Crippen molar-refractivity contribution in [2.24, 2.45) is 0 Å². The van der Waals surface area contributed by atoms with E-state index in [1.807, 2.05) is 0 Å². The molecule has 102 valence electrons. The molecule has 1 atom stereocenters. The highest BCUT2D eigenvalue weighted by atomic mass is 35.5. The molecule has 1 aromatic carbocycles. The maximum Gasteiger partial charge on any atom is 0.153 e. The van der Waals surface area contributed by atoms with Crippen LogP contribution in [0.3, 0.4) is 0 Å². The highest BCUT2D eigenvalue weighted by Gasteiger charge is 2.12. The van der Waals surface area contributed by atoms with Gasteiger partial charge in [0, 0.05) is 16.3 Å². The first-order valence-electron chi connectivity index (χ1n) is 5.66. The molecule has 0 heterocycles. The predicted molar refractivity (Wildman–Crippen MR) is 71.9 cm³/mol. The number of halogens is 1. The Labute approximate surface area is 112 Å². The van der Waals surface area contributed by atoms with Crippen LogP contribution in [0.15, 0.2) is 18.2 Å². The third kappa shape index (κ3) is 4.48. The second kappa shape index (κ2) is 6.41. The molecule has 4 nitrogen and oxygen atoms in total. The topological polar surface area (TPSA) is 63.6 Å². The predicted octanol–water partition coefficient (Wildman–Crippen LogP) is 2.21. The minimum Gasteiger partial charge on any atom is -0.492 e. The summed E-state index contributed by atoms with van der Waals surface area (Å²) in [5.41, 5.74) is 0.552. The van der Waals surface area contributed by atoms with Gasteiger partial charge >= 0.3 is 0 Å². The lowest BCUT2D eigenvalue weighted by Crippen LogP contribution is -2.16. The largest absolute Gasteiger partial charge is 0.492 e. The maximum atomic E-state index is 11.3. The van der Waals surface area contributed by atoms with Gasteiger partial charge in [-0.3, -0.25) is 0 Å². The number of hydrogen-bond donors (Lipinski definition) is 1. The Hall–Kier alpha value is -0.780. The molecule has 0 aliphatic rings. The zero-order chi connectivity index (χ0) is 13.8. The van der Waals surface area contributed by atoms with Crippen molar-refractivity contribution in [2.75, 3.05) is 18.1 Å². The molecule has 0 aliphatic heterocycles. The summed E-state index contributed by atoms with van der Waals surface area (Å²) >= 11 is 5.83. The third-order valence-electron chi connectivity index (χ3n) is 2.51. The molecule has 0 radical (unpaired) electrons. The van der Waals surface area contributed by atoms with E-state index < -0.39 is 15.9 Å². The van der Waals surface area contributed by atoms with Crippen molar-refractivity contribution in [1.29, 1.82) is 0 Å². The fraction of sp³-hybridized carbons (Fsp3) is 0.500. The van der Waals surface area contributed by atoms with Gasteiger partial charge in [-0.25, -0.2) is 8.42 Å². The summed E-state index contributed by atoms with van der Waals surface area (Å²) in [4.78, 5) is 0. The van der Waals surface area contributed by atoms with Crippen LogP contribution in [-0.2, 0) is 9.84 Å². The Morgan fingerprint density at radius 2 is 2.11 bits per heavy atom. The third-order valence-corrected chi connectivity index (χ3v) is 4.42. The number of aliphatic hydroxyl groups excluding tert-OH is 1. The average molecular weight is 293 g/mol. The van der Waals surface area contributed by atoms with Crippen LogP contribution >= 0.6 is 11.6 Å². The Morgan fingerprint density at radius 1 is 1.44 bits per heavy atom. The number of rotatable bonds is 6. The lowest BCUT2D eigenvalue weighted by molar-refractivity contribution is 0.192. The Balaban J connectivity index is 2.73. The fourth-order valence-corrected chi connectivity index (χ4v) is 2.21. The van der Waals surface area contributed by atoms with Gasteiger partial charge in [0.15, 0.2) is 9.84 Å². The summed E-state index contributed by atoms with van der Waals surface area (Å²) in [6, 6.07) is 4.87. The van der Waals surface area contributed by atoms with E-state index in [2.05, 4.69) is 0 Å². The average Bonchev–Trinajstić information content (AvgIpc) is 2.30. The summed E-state index contributed by atoms with van der Waals surface area (Å²) in [5, 5.41) is 10.1. The van der Waals surface area contributed by atoms with Gasteiger partial charge in [-0.05, 0) is 25.1 Å². The molecule has 1 N–H and O–H groups in total. The van der Waals surface area contributed by atoms with Crippen LogP contribution in [0.5, 0.6) is 5.75 Å². The first-order chi connectivity index (χ1) is 8.35. The van der Waals surface area contributed by atoms with Gasteiger partial charge in [0.25, 0.3) is 0 Å². The lowest BCUT2D eigenvalue weighted by Gasteiger charge is -2.13. The van der Waals surface area contributed by atoms with Crippen LogP contribution in [-0.4, -0.2) is 31.6 Å². The Bertz CT molecular complexity index is 497. The zero-order valence-corrected chi connectivity index (χ0v) is 12.0. The van der Waals surface area contributed by atoms with Gasteiger partial charge in [-0.2, -0.15) is 0 Å². The monoisotopic (exact) mass is 292 g/mol. The van der Waals surface area contributed by atoms with E-state index in [0.29, 0.717) is 16.3 Å². The lowest BCUT2D eigenvalue weighted by atomic mass is 10.1. The second-order valence-electron chi connectivity index (χ2n) is 3.94. The van der Waals surface area contributed by atoms with Gasteiger partial charge < -0.3 is 9.84 Å². The van der Waals surface area contributed by atoms with Gasteiger partial charge in [-0.15, -0.1) is 0 Å². The molecular formula is C12H17ClO4S. The molecule has 0 spiro atoms. The zero-order valence-electron chi connectivity index (χ0n) is 10.4. The highest BCUT2D eigenvalue weighted by Crippen LogP contribution is 2.28. The molecule has 1 aromatic rings. The van der Waals surface area contributed by atoms with Gasteiger partial charge in [0.05, 0.1) is 11.9 Å². The minimum absolute atomic E-state index is 0.0363. The number of hydrogen-bond acceptors (Lipinski definition) is 4. The van der Waals surface area contributed by atoms with Crippen molar-refractivity contribution < 1.29 is 18.3 Å². The first kappa shape index (κ1) is 15.3. The standard InChI is InChI=1S/C12H17ClO4S/c1-3-18(15,16)7-6-17-12-5-4-10(13)8-11(12)9(2)14/h4-5,8-9,14H,3,6-7H2,1-2H3/t9-/m0/s1. The quantitative estimate of drug-likeness (QED) is 0.873. The van der Waals surface area contributed by atoms with Crippen LogP contribution in [0.4, 0.5) is 0 Å². The summed E-state index contributed by atoms with van der Waals surface area (Å²) < 4.78 is 28.0. The summed E-state index contributed by atoms with van der Waals surface area (Å²) in [7, 11) is -3.04. The Morgan fingerprint density at radius 3 is 2.67 bits per heavy atom. The number of sulfone groups is 1. The molecule has 1 rings (SSSR count). The molecule has 0 saturated heterocycles. The van der Waals surface area contributed by atoms with Crippen LogP contribution in [0.1, 0.15) is 25.5 Å². The molecule has 0 fully saturated rings. The number of ether oxygens (including phenoxy) is 1. The molecular weight excluding hydrogens is 276 g/mol. The minimum atomic E-state index is -3.04. The summed E-state index contributed by atoms with van der Waals surface area (Å²) in [5.74, 6) is 0.520. The molecule has 0 amide bonds. The maximum absolute atomic E-state index is 11.3. The van der Waals surface area contributed by atoms with E-state index in [9.17, 15) is 13.5 Å². The van der Waals surface area contributed by atoms with Gasteiger partial charge in [0.1, 0.15) is 12.4 Å². The fourth-order valence-electron chi connectivity index (χ4n) is 1.40. The van der Waals surface area contributed by atoms with Crippen molar-refractivity contribution in [3.63, 3.8) is 0 Å². The van der Waals surface area contributed by atoms with Crippen molar-refractivity contribution in [3.05, 3.63) is 28.8 Å². The molecule has 0 bridgehead atoms. The normalized spacial score (nSPS) is 13.3. The number of aliphatic hydroxyl groups is 1. The van der Waals surface area contributed by atoms with E-state index >= 15 is 0 Å². The van der Waals surface area contributed by atoms with Crippen LogP contribution in [0, 0.1) is 0 Å². The van der Waals surface area contributed by atoms with Gasteiger partial charge in [-0.1, -0.05) is 18.5 Å². The SMILES string of the molecule is CCS(=O)(=O)CCOc1ccc(Cl)cc1[C@H](C)O. The molecule has 0 aromatic heterocycles. The van der Waals surface area contributed by atoms with E-state index in [0.717, 1.165) is 0 Å². The molecule has 0 unspecified atom stereocenters. The summed E-state index contributed by atoms with van der Waals surface area (Å²) in [6.07, 6.45) is -0.721. The van der Waals surface area contributed by atoms with Crippen molar-refractivity contribution >= 4 is 21.4 Å². The van der Waals surface area contributed by atoms with Crippen molar-refractivity contribution in [1.82, 2.24) is 0 Å². The molecule has 6 heteroatoms. The van der Waals surface area contributed by atoms with Crippen molar-refractivity contribution in [2.45, 2.75) is 20.0 Å². The van der Waals surface area contributed by atoms with E-state index in [1.54, 1.807) is 32.0 Å². The smallest absolute Gasteiger partial charge is 0.153 e. The van der Waals surface area contributed by atoms with Crippen LogP contribution in [0.25, 0.3) is 0 Å². The number of benzene rings is 1. The van der Waals surface area contributed by atoms with E-state index in [1.165, 1.54) is 0 Å². The van der Waals surface area contributed by atoms with E-state index in [-0.39, 0.29) is 18.1 Å². The second-order valence-corrected chi connectivity index (χ2v) is 6.85. The van der Waals surface area contributed by atoms with E-state index in [4.69, 9.17) is 16.3 Å². The van der Waals surface area contributed by atoms with Crippen LogP contribution < -0.4 is 4.74 Å². The summed E-state index contributed by atoms with van der Waals surface area (Å²) in [6.45, 7) is 3.26. The molecule has 0 saturated carbocycles. The van der Waals surface area contributed by atoms with Crippen molar-refractivity contribution in [3.8, 4) is 5.75 Å². The highest BCUT2D eigenvalue weighted by molar-refractivity contribution is 7.91. The molecule has 0 aliphatic carbocycles. The Kier molecular flexibility index (Phi) is 5.44. The van der Waals surface area contributed by atoms with Crippen LogP contribution in [0.2, 0.25) is 5.02 Å².